The number of aromatic nitrogens is 1. The summed E-state index contributed by atoms with van der Waals surface area (Å²) in [6.07, 6.45) is 6.95. The fourth-order valence-electron chi connectivity index (χ4n) is 2.68. The molecule has 2 rings (SSSR count). The summed E-state index contributed by atoms with van der Waals surface area (Å²) in [5.41, 5.74) is 0.506. The number of nitrogens with zero attached hydrogens (tertiary/aromatic N) is 2. The molecule has 1 aliphatic rings. The van der Waals surface area contributed by atoms with Gasteiger partial charge in [0.25, 0.3) is 0 Å². The molecule has 0 amide bonds. The Kier molecular flexibility index (Phi) is 8.10. The van der Waals surface area contributed by atoms with E-state index in [0.717, 1.165) is 17.5 Å². The Morgan fingerprint density at radius 2 is 2.09 bits per heavy atom. The van der Waals surface area contributed by atoms with Crippen LogP contribution < -0.4 is 10.6 Å². The summed E-state index contributed by atoms with van der Waals surface area (Å²) < 4.78 is 0. The number of halogens is 1. The van der Waals surface area contributed by atoms with Gasteiger partial charge in [-0.2, -0.15) is 0 Å². The Morgan fingerprint density at radius 1 is 1.41 bits per heavy atom. The van der Waals surface area contributed by atoms with E-state index in [0.29, 0.717) is 18.0 Å². The maximum atomic E-state index is 4.67. The predicted molar refractivity (Wildman–Crippen MR) is 106 cm³/mol. The number of rotatable bonds is 4. The average Bonchev–Trinajstić information content (AvgIpc) is 2.84. The Hall–Kier alpha value is -0.370. The number of thiazole rings is 1. The monoisotopic (exact) mass is 436 g/mol. The molecule has 1 aromatic heterocycles. The van der Waals surface area contributed by atoms with Crippen molar-refractivity contribution >= 4 is 41.3 Å². The highest BCUT2D eigenvalue weighted by atomic mass is 127. The molecule has 6 heteroatoms. The van der Waals surface area contributed by atoms with Gasteiger partial charge in [0.15, 0.2) is 5.96 Å². The van der Waals surface area contributed by atoms with Crippen molar-refractivity contribution in [1.82, 2.24) is 15.6 Å². The molecule has 0 unspecified atom stereocenters. The Bertz CT molecular complexity index is 474. The Balaban J connectivity index is 0.00000242. The summed E-state index contributed by atoms with van der Waals surface area (Å²) in [5.74, 6) is 0.926. The largest absolute Gasteiger partial charge is 0.357 e. The Morgan fingerprint density at radius 3 is 2.64 bits per heavy atom. The molecular formula is C16H29IN4S. The predicted octanol–water partition coefficient (Wildman–Crippen LogP) is 4.09. The van der Waals surface area contributed by atoms with Crippen LogP contribution in [0.15, 0.2) is 11.2 Å². The molecule has 1 fully saturated rings. The first-order valence-electron chi connectivity index (χ1n) is 7.95. The average molecular weight is 436 g/mol. The zero-order valence-electron chi connectivity index (χ0n) is 14.1. The number of hydrogen-bond acceptors (Lipinski definition) is 3. The number of aryl methyl sites for hydroxylation is 1. The molecular weight excluding hydrogens is 407 g/mol. The Labute approximate surface area is 155 Å². The fourth-order valence-corrected chi connectivity index (χ4v) is 3.39. The standard InChI is InChI=1S/C16H28N4S.HI/c1-5-17-15(19-11-14-18-10-12(2)21-14)20-13-6-8-16(3,4)9-7-13;/h10,13H,5-9,11H2,1-4H3,(H2,17,19,20);1H. The minimum Gasteiger partial charge on any atom is -0.357 e. The van der Waals surface area contributed by atoms with Gasteiger partial charge in [0, 0.05) is 23.7 Å². The van der Waals surface area contributed by atoms with Crippen LogP contribution >= 0.6 is 35.3 Å². The third-order valence-corrected chi connectivity index (χ3v) is 4.96. The molecule has 0 aromatic carbocycles. The number of hydrogen-bond donors (Lipinski definition) is 2. The summed E-state index contributed by atoms with van der Waals surface area (Å²) >= 11 is 1.72. The third-order valence-electron chi connectivity index (χ3n) is 4.07. The van der Waals surface area contributed by atoms with Gasteiger partial charge in [0.2, 0.25) is 0 Å². The zero-order valence-corrected chi connectivity index (χ0v) is 17.3. The summed E-state index contributed by atoms with van der Waals surface area (Å²) in [7, 11) is 0. The van der Waals surface area contributed by atoms with E-state index in [4.69, 9.17) is 0 Å². The van der Waals surface area contributed by atoms with E-state index in [-0.39, 0.29) is 24.0 Å². The highest BCUT2D eigenvalue weighted by Crippen LogP contribution is 2.34. The molecule has 0 saturated heterocycles. The van der Waals surface area contributed by atoms with Crippen molar-refractivity contribution in [3.63, 3.8) is 0 Å². The molecule has 0 spiro atoms. The van der Waals surface area contributed by atoms with Gasteiger partial charge in [-0.3, -0.25) is 0 Å². The molecule has 0 atom stereocenters. The van der Waals surface area contributed by atoms with Crippen molar-refractivity contribution in [1.29, 1.82) is 0 Å². The van der Waals surface area contributed by atoms with E-state index in [1.54, 1.807) is 11.3 Å². The van der Waals surface area contributed by atoms with Crippen LogP contribution in [-0.4, -0.2) is 23.5 Å². The summed E-state index contributed by atoms with van der Waals surface area (Å²) in [6.45, 7) is 10.5. The van der Waals surface area contributed by atoms with E-state index in [1.807, 2.05) is 6.20 Å². The molecule has 1 aliphatic carbocycles. The van der Waals surface area contributed by atoms with Gasteiger partial charge in [-0.1, -0.05) is 13.8 Å². The number of guanidine groups is 1. The van der Waals surface area contributed by atoms with Gasteiger partial charge in [0.1, 0.15) is 5.01 Å². The first kappa shape index (κ1) is 19.7. The van der Waals surface area contributed by atoms with Crippen LogP contribution in [0.4, 0.5) is 0 Å². The lowest BCUT2D eigenvalue weighted by atomic mass is 9.75. The first-order chi connectivity index (χ1) is 9.98. The van der Waals surface area contributed by atoms with Gasteiger partial charge in [0.05, 0.1) is 6.54 Å². The maximum absolute atomic E-state index is 4.67. The second-order valence-electron chi connectivity index (χ2n) is 6.64. The zero-order chi connectivity index (χ0) is 15.3. The highest BCUT2D eigenvalue weighted by molar-refractivity contribution is 14.0. The van der Waals surface area contributed by atoms with Crippen molar-refractivity contribution in [3.05, 3.63) is 16.1 Å². The van der Waals surface area contributed by atoms with Crippen LogP contribution in [0.2, 0.25) is 0 Å². The quantitative estimate of drug-likeness (QED) is 0.425. The van der Waals surface area contributed by atoms with E-state index in [9.17, 15) is 0 Å². The van der Waals surface area contributed by atoms with E-state index >= 15 is 0 Å². The lowest BCUT2D eigenvalue weighted by molar-refractivity contribution is 0.216. The molecule has 1 heterocycles. The van der Waals surface area contributed by atoms with Crippen molar-refractivity contribution in [2.75, 3.05) is 6.54 Å². The lowest BCUT2D eigenvalue weighted by Gasteiger charge is -2.35. The molecule has 4 nitrogen and oxygen atoms in total. The normalized spacial score (nSPS) is 18.6. The van der Waals surface area contributed by atoms with Crippen molar-refractivity contribution < 1.29 is 0 Å². The summed E-state index contributed by atoms with van der Waals surface area (Å²) in [6, 6.07) is 0.550. The van der Waals surface area contributed by atoms with Crippen LogP contribution in [0.1, 0.15) is 56.3 Å². The van der Waals surface area contributed by atoms with Gasteiger partial charge in [-0.15, -0.1) is 35.3 Å². The van der Waals surface area contributed by atoms with Gasteiger partial charge in [-0.25, -0.2) is 9.98 Å². The molecule has 22 heavy (non-hydrogen) atoms. The van der Waals surface area contributed by atoms with E-state index in [1.165, 1.54) is 30.6 Å². The minimum atomic E-state index is 0. The number of aliphatic imine (C=N–C) groups is 1. The summed E-state index contributed by atoms with van der Waals surface area (Å²) in [5, 5.41) is 8.01. The molecule has 2 N–H and O–H groups in total. The SMILES string of the molecule is CCNC(=NCc1ncc(C)s1)NC1CCC(C)(C)CC1.I. The van der Waals surface area contributed by atoms with Crippen molar-refractivity contribution in [3.8, 4) is 0 Å². The minimum absolute atomic E-state index is 0. The van der Waals surface area contributed by atoms with Crippen LogP contribution in [0.3, 0.4) is 0 Å². The first-order valence-corrected chi connectivity index (χ1v) is 8.76. The van der Waals surface area contributed by atoms with Gasteiger partial charge < -0.3 is 10.6 Å². The van der Waals surface area contributed by atoms with E-state index < -0.39 is 0 Å². The number of nitrogens with one attached hydrogen (secondary N) is 2. The molecule has 0 radical (unpaired) electrons. The molecule has 0 bridgehead atoms. The van der Waals surface area contributed by atoms with Gasteiger partial charge in [-0.05, 0) is 44.9 Å². The molecule has 126 valence electrons. The van der Waals surface area contributed by atoms with Crippen LogP contribution in [0, 0.1) is 12.3 Å². The van der Waals surface area contributed by atoms with Gasteiger partial charge >= 0.3 is 0 Å². The fraction of sp³-hybridized carbons (Fsp3) is 0.750. The van der Waals surface area contributed by atoms with Crippen molar-refractivity contribution in [2.24, 2.45) is 10.4 Å². The molecule has 1 saturated carbocycles. The van der Waals surface area contributed by atoms with Crippen LogP contribution in [0.5, 0.6) is 0 Å². The maximum Gasteiger partial charge on any atom is 0.191 e. The topological polar surface area (TPSA) is 49.3 Å². The smallest absolute Gasteiger partial charge is 0.191 e. The van der Waals surface area contributed by atoms with E-state index in [2.05, 4.69) is 48.3 Å². The second-order valence-corrected chi connectivity index (χ2v) is 7.96. The van der Waals surface area contributed by atoms with Crippen LogP contribution in [0.25, 0.3) is 0 Å². The van der Waals surface area contributed by atoms with Crippen molar-refractivity contribution in [2.45, 2.75) is 66.0 Å². The summed E-state index contributed by atoms with van der Waals surface area (Å²) in [4.78, 5) is 10.3. The third kappa shape index (κ3) is 6.40. The molecule has 0 aliphatic heterocycles. The highest BCUT2D eigenvalue weighted by Gasteiger charge is 2.27. The van der Waals surface area contributed by atoms with Crippen LogP contribution in [-0.2, 0) is 6.54 Å². The second kappa shape index (κ2) is 9.05. The lowest BCUT2D eigenvalue weighted by Crippen LogP contribution is -2.45. The molecule has 1 aromatic rings.